The molecule has 0 aromatic heterocycles. The van der Waals surface area contributed by atoms with Crippen LogP contribution in [0.2, 0.25) is 0 Å². The predicted molar refractivity (Wildman–Crippen MR) is 154 cm³/mol. The summed E-state index contributed by atoms with van der Waals surface area (Å²) < 4.78 is 0. The summed E-state index contributed by atoms with van der Waals surface area (Å²) in [6.45, 7) is 1.45. The van der Waals surface area contributed by atoms with Gasteiger partial charge in [-0.1, -0.05) is 31.9 Å². The van der Waals surface area contributed by atoms with Crippen LogP contribution >= 0.6 is 0 Å². The van der Waals surface area contributed by atoms with Crippen LogP contribution in [0.3, 0.4) is 0 Å². The first-order chi connectivity index (χ1) is 20.4. The van der Waals surface area contributed by atoms with Gasteiger partial charge in [-0.05, 0) is 37.0 Å². The van der Waals surface area contributed by atoms with Gasteiger partial charge in [-0.25, -0.2) is 0 Å². The number of hydrogen-bond donors (Lipinski definition) is 9. The highest BCUT2D eigenvalue weighted by Gasteiger charge is 2.33. The standard InChI is InChI=1S/C27H40N8O8/c1-2-3-5-18-25(42)34-19(12-15-7-9-16(36)10-8-15)26(43)35-20(13-22(38)39)23(40)31-14-21(37)32-17(24(41)33-18)6-4-11-30-27(28)29/h7-10,17-20,36H,2-6,11-14H2,1H3,(H,31,40)(H,32,37)(H,33,41)(H,34,42)(H,35,43)(H,38,39)(H4,28,29,30)/t17-,18-,19+,20-/m1/s1. The van der Waals surface area contributed by atoms with Crippen molar-refractivity contribution in [2.24, 2.45) is 16.5 Å². The van der Waals surface area contributed by atoms with E-state index in [1.807, 2.05) is 6.92 Å². The molecular formula is C27H40N8O8. The molecule has 0 radical (unpaired) electrons. The van der Waals surface area contributed by atoms with Crippen molar-refractivity contribution in [1.82, 2.24) is 26.6 Å². The van der Waals surface area contributed by atoms with E-state index in [0.717, 1.165) is 0 Å². The average molecular weight is 605 g/mol. The minimum absolute atomic E-state index is 0.0177. The minimum Gasteiger partial charge on any atom is -0.508 e. The molecule has 1 aromatic carbocycles. The number of unbranched alkanes of at least 4 members (excludes halogenated alkanes) is 1. The number of guanidine groups is 1. The Morgan fingerprint density at radius 2 is 1.40 bits per heavy atom. The number of rotatable bonds is 11. The Kier molecular flexibility index (Phi) is 13.7. The van der Waals surface area contributed by atoms with Gasteiger partial charge in [0.15, 0.2) is 5.96 Å². The quantitative estimate of drug-likeness (QED) is 0.0742. The van der Waals surface area contributed by atoms with Gasteiger partial charge in [0.1, 0.15) is 29.9 Å². The number of aliphatic carboxylic acids is 1. The van der Waals surface area contributed by atoms with Crippen LogP contribution in [0.25, 0.3) is 0 Å². The first kappa shape index (κ1) is 34.3. The summed E-state index contributed by atoms with van der Waals surface area (Å²) in [5.41, 5.74) is 11.2. The molecule has 43 heavy (non-hydrogen) atoms. The fourth-order valence-corrected chi connectivity index (χ4v) is 4.26. The molecule has 236 valence electrons. The second kappa shape index (κ2) is 17.2. The van der Waals surface area contributed by atoms with Gasteiger partial charge in [-0.3, -0.25) is 33.8 Å². The van der Waals surface area contributed by atoms with E-state index in [2.05, 4.69) is 31.6 Å². The molecule has 11 N–H and O–H groups in total. The van der Waals surface area contributed by atoms with E-state index in [9.17, 15) is 39.0 Å². The summed E-state index contributed by atoms with van der Waals surface area (Å²) in [4.78, 5) is 81.0. The topological polar surface area (TPSA) is 267 Å². The Balaban J connectivity index is 2.44. The van der Waals surface area contributed by atoms with Crippen molar-refractivity contribution in [3.8, 4) is 5.75 Å². The lowest BCUT2D eigenvalue weighted by molar-refractivity contribution is -0.141. The van der Waals surface area contributed by atoms with Gasteiger partial charge in [0.25, 0.3) is 0 Å². The molecule has 1 saturated heterocycles. The molecule has 16 nitrogen and oxygen atoms in total. The number of amides is 5. The average Bonchev–Trinajstić information content (AvgIpc) is 2.94. The van der Waals surface area contributed by atoms with E-state index >= 15 is 0 Å². The van der Waals surface area contributed by atoms with E-state index in [0.29, 0.717) is 24.8 Å². The number of hydrogen-bond acceptors (Lipinski definition) is 8. The minimum atomic E-state index is -1.58. The number of nitrogens with two attached hydrogens (primary N) is 2. The zero-order valence-corrected chi connectivity index (χ0v) is 23.9. The molecule has 1 heterocycles. The van der Waals surface area contributed by atoms with Crippen molar-refractivity contribution in [1.29, 1.82) is 0 Å². The fourth-order valence-electron chi connectivity index (χ4n) is 4.26. The Bertz CT molecular complexity index is 1190. The van der Waals surface area contributed by atoms with E-state index in [1.54, 1.807) is 0 Å². The van der Waals surface area contributed by atoms with Crippen LogP contribution in [0.5, 0.6) is 5.75 Å². The summed E-state index contributed by atoms with van der Waals surface area (Å²) >= 11 is 0. The van der Waals surface area contributed by atoms with E-state index < -0.39 is 72.6 Å². The van der Waals surface area contributed by atoms with Gasteiger partial charge in [0.05, 0.1) is 13.0 Å². The molecule has 16 heteroatoms. The van der Waals surface area contributed by atoms with Gasteiger partial charge < -0.3 is 48.3 Å². The molecule has 0 saturated carbocycles. The molecular weight excluding hydrogens is 564 g/mol. The highest BCUT2D eigenvalue weighted by molar-refractivity contribution is 5.98. The Morgan fingerprint density at radius 3 is 2.00 bits per heavy atom. The highest BCUT2D eigenvalue weighted by Crippen LogP contribution is 2.13. The summed E-state index contributed by atoms with van der Waals surface area (Å²) in [6.07, 6.45) is 0.969. The Morgan fingerprint density at radius 1 is 0.837 bits per heavy atom. The predicted octanol–water partition coefficient (Wildman–Crippen LogP) is -2.28. The number of phenolic OH excluding ortho intramolecular Hbond substituents is 1. The zero-order chi connectivity index (χ0) is 31.9. The molecule has 0 unspecified atom stereocenters. The van der Waals surface area contributed by atoms with Crippen molar-refractivity contribution in [3.63, 3.8) is 0 Å². The third-order valence-corrected chi connectivity index (χ3v) is 6.52. The molecule has 1 aliphatic heterocycles. The third-order valence-electron chi connectivity index (χ3n) is 6.52. The van der Waals surface area contributed by atoms with Crippen LogP contribution < -0.4 is 38.1 Å². The monoisotopic (exact) mass is 604 g/mol. The Labute approximate surface area is 248 Å². The van der Waals surface area contributed by atoms with Crippen molar-refractivity contribution < 1.29 is 39.0 Å². The van der Waals surface area contributed by atoms with Crippen molar-refractivity contribution in [3.05, 3.63) is 29.8 Å². The van der Waals surface area contributed by atoms with Gasteiger partial charge in [0.2, 0.25) is 29.5 Å². The number of carboxylic acids is 1. The lowest BCUT2D eigenvalue weighted by Gasteiger charge is -2.26. The van der Waals surface area contributed by atoms with Crippen LogP contribution in [0.1, 0.15) is 51.0 Å². The first-order valence-electron chi connectivity index (χ1n) is 13.9. The zero-order valence-electron chi connectivity index (χ0n) is 23.9. The number of nitrogens with one attached hydrogen (secondary N) is 5. The molecule has 0 bridgehead atoms. The van der Waals surface area contributed by atoms with Crippen LogP contribution in [0.4, 0.5) is 0 Å². The largest absolute Gasteiger partial charge is 0.508 e. The maximum absolute atomic E-state index is 13.5. The highest BCUT2D eigenvalue weighted by atomic mass is 16.4. The molecule has 1 aromatic rings. The molecule has 4 atom stereocenters. The maximum atomic E-state index is 13.5. The van der Waals surface area contributed by atoms with Crippen molar-refractivity contribution in [2.75, 3.05) is 13.1 Å². The molecule has 1 aliphatic rings. The van der Waals surface area contributed by atoms with Gasteiger partial charge in [-0.2, -0.15) is 0 Å². The van der Waals surface area contributed by atoms with Crippen molar-refractivity contribution >= 4 is 41.5 Å². The molecule has 2 rings (SSSR count). The summed E-state index contributed by atoms with van der Waals surface area (Å²) in [6, 6.07) is 0.782. The van der Waals surface area contributed by atoms with Crippen LogP contribution in [-0.4, -0.2) is 88.9 Å². The lowest BCUT2D eigenvalue weighted by atomic mass is 10.0. The summed E-state index contributed by atoms with van der Waals surface area (Å²) in [7, 11) is 0. The number of aliphatic imine (C=N–C) groups is 1. The number of benzene rings is 1. The second-order valence-corrected chi connectivity index (χ2v) is 10.1. The molecule has 0 aliphatic carbocycles. The second-order valence-electron chi connectivity index (χ2n) is 10.1. The SMILES string of the molecule is CCCC[C@H]1NC(=O)[C@@H](CCCN=C(N)N)NC(=O)CNC(=O)[C@@H](CC(=O)O)NC(=O)[C@H](Cc2ccc(O)cc2)NC1=O. The van der Waals surface area contributed by atoms with Crippen LogP contribution in [0, 0.1) is 0 Å². The van der Waals surface area contributed by atoms with Crippen molar-refractivity contribution in [2.45, 2.75) is 76.0 Å². The summed E-state index contributed by atoms with van der Waals surface area (Å²) in [5.74, 6) is -5.49. The third kappa shape index (κ3) is 12.2. The number of phenols is 1. The number of aromatic hydroxyl groups is 1. The normalized spacial score (nSPS) is 22.0. The van der Waals surface area contributed by atoms with Gasteiger partial charge in [0, 0.05) is 13.0 Å². The van der Waals surface area contributed by atoms with Crippen LogP contribution in [-0.2, 0) is 35.2 Å². The maximum Gasteiger partial charge on any atom is 0.305 e. The van der Waals surface area contributed by atoms with Crippen LogP contribution in [0.15, 0.2) is 29.3 Å². The van der Waals surface area contributed by atoms with E-state index in [-0.39, 0.29) is 37.5 Å². The number of carboxylic acid groups (broad SMARTS) is 1. The number of carbonyl (C=O) groups excluding carboxylic acids is 5. The fraction of sp³-hybridized carbons (Fsp3) is 0.519. The summed E-state index contributed by atoms with van der Waals surface area (Å²) in [5, 5.41) is 31.4. The van der Waals surface area contributed by atoms with Gasteiger partial charge >= 0.3 is 5.97 Å². The smallest absolute Gasteiger partial charge is 0.305 e. The first-order valence-corrected chi connectivity index (χ1v) is 13.9. The number of carbonyl (C=O) groups is 6. The lowest BCUT2D eigenvalue weighted by Crippen LogP contribution is -2.58. The molecule has 0 spiro atoms. The van der Waals surface area contributed by atoms with E-state index in [1.165, 1.54) is 24.3 Å². The van der Waals surface area contributed by atoms with Gasteiger partial charge in [-0.15, -0.1) is 0 Å². The van der Waals surface area contributed by atoms with E-state index in [4.69, 9.17) is 11.5 Å². The number of nitrogens with zero attached hydrogens (tertiary/aromatic N) is 1. The Hall–Kier alpha value is -4.89. The molecule has 1 fully saturated rings. The molecule has 5 amide bonds.